The number of ether oxygens (including phenoxy) is 1. The van der Waals surface area contributed by atoms with Gasteiger partial charge in [-0.2, -0.15) is 0 Å². The van der Waals surface area contributed by atoms with E-state index < -0.39 is 5.97 Å². The van der Waals surface area contributed by atoms with E-state index in [1.54, 1.807) is 18.2 Å². The summed E-state index contributed by atoms with van der Waals surface area (Å²) in [6, 6.07) is 10.2. The lowest BCUT2D eigenvalue weighted by molar-refractivity contribution is -0.119. The molecule has 2 heterocycles. The van der Waals surface area contributed by atoms with Crippen molar-refractivity contribution in [2.45, 2.75) is 26.7 Å². The van der Waals surface area contributed by atoms with E-state index in [9.17, 15) is 14.4 Å². The Kier molecular flexibility index (Phi) is 6.70. The minimum atomic E-state index is -0.455. The van der Waals surface area contributed by atoms with Gasteiger partial charge in [0, 0.05) is 4.88 Å². The zero-order valence-electron chi connectivity index (χ0n) is 15.8. The van der Waals surface area contributed by atoms with Crippen molar-refractivity contribution in [1.29, 1.82) is 0 Å². The largest absolute Gasteiger partial charge is 0.462 e. The van der Waals surface area contributed by atoms with Crippen LogP contribution >= 0.6 is 23.1 Å². The van der Waals surface area contributed by atoms with Crippen LogP contribution < -0.4 is 4.90 Å². The molecule has 0 aliphatic carbocycles. The first-order chi connectivity index (χ1) is 13.6. The van der Waals surface area contributed by atoms with Gasteiger partial charge in [-0.25, -0.2) is 9.69 Å². The van der Waals surface area contributed by atoms with Crippen molar-refractivity contribution in [2.24, 2.45) is 0 Å². The summed E-state index contributed by atoms with van der Waals surface area (Å²) in [5, 5.41) is 1.88. The third-order valence-electron chi connectivity index (χ3n) is 4.17. The molecular weight excluding hydrogens is 394 g/mol. The molecule has 0 saturated carbocycles. The van der Waals surface area contributed by atoms with Gasteiger partial charge in [0.05, 0.1) is 28.3 Å². The molecule has 2 amide bonds. The van der Waals surface area contributed by atoms with Crippen molar-refractivity contribution in [3.05, 3.63) is 57.1 Å². The van der Waals surface area contributed by atoms with Crippen LogP contribution in [0.3, 0.4) is 0 Å². The first-order valence-electron chi connectivity index (χ1n) is 9.15. The second-order valence-electron chi connectivity index (χ2n) is 6.10. The van der Waals surface area contributed by atoms with Crippen molar-refractivity contribution >= 4 is 52.1 Å². The maximum absolute atomic E-state index is 13.1. The summed E-state index contributed by atoms with van der Waals surface area (Å²) < 4.78 is 5.24. The van der Waals surface area contributed by atoms with Gasteiger partial charge in [0.1, 0.15) is 0 Å². The Morgan fingerprint density at radius 1 is 1.14 bits per heavy atom. The van der Waals surface area contributed by atoms with Gasteiger partial charge in [-0.15, -0.1) is 23.1 Å². The average Bonchev–Trinajstić information content (AvgIpc) is 3.29. The molecule has 0 N–H and O–H groups in total. The maximum atomic E-state index is 13.1. The molecule has 0 saturated heterocycles. The fourth-order valence-corrected chi connectivity index (χ4v) is 4.50. The van der Waals surface area contributed by atoms with E-state index >= 15 is 0 Å². The fraction of sp³-hybridized carbons (Fsp3) is 0.286. The van der Waals surface area contributed by atoms with Crippen LogP contribution in [-0.4, -0.2) is 30.1 Å². The molecule has 1 aliphatic rings. The Morgan fingerprint density at radius 2 is 1.96 bits per heavy atom. The molecule has 146 valence electrons. The van der Waals surface area contributed by atoms with E-state index in [1.807, 2.05) is 31.4 Å². The van der Waals surface area contributed by atoms with Crippen molar-refractivity contribution in [1.82, 2.24) is 0 Å². The van der Waals surface area contributed by atoms with Gasteiger partial charge in [0.2, 0.25) is 0 Å². The number of esters is 1. The Morgan fingerprint density at radius 3 is 2.64 bits per heavy atom. The van der Waals surface area contributed by atoms with Gasteiger partial charge in [-0.3, -0.25) is 9.59 Å². The molecule has 7 heteroatoms. The highest BCUT2D eigenvalue weighted by Gasteiger charge is 2.40. The molecule has 0 spiro atoms. The minimum absolute atomic E-state index is 0.323. The van der Waals surface area contributed by atoms with Gasteiger partial charge >= 0.3 is 5.97 Å². The molecule has 0 unspecified atom stereocenters. The van der Waals surface area contributed by atoms with Crippen LogP contribution in [0, 0.1) is 0 Å². The Bertz CT molecular complexity index is 918. The molecule has 28 heavy (non-hydrogen) atoms. The van der Waals surface area contributed by atoms with E-state index in [0.29, 0.717) is 34.1 Å². The summed E-state index contributed by atoms with van der Waals surface area (Å²) in [4.78, 5) is 40.7. The summed E-state index contributed by atoms with van der Waals surface area (Å²) in [6.07, 6.45) is 1.72. The van der Waals surface area contributed by atoms with E-state index in [2.05, 4.69) is 0 Å². The van der Waals surface area contributed by atoms with E-state index in [4.69, 9.17) is 4.74 Å². The van der Waals surface area contributed by atoms with E-state index in [1.165, 1.54) is 29.2 Å². The standard InChI is InChI=1S/C21H21NO4S2/c1-3-5-11-26-21(25)14-8-6-9-15(13-14)22-19(23)17(16-10-7-12-28-16)18(20(22)24)27-4-2/h6-10,12-13H,3-5,11H2,1-2H3. The predicted octanol–water partition coefficient (Wildman–Crippen LogP) is 4.74. The fourth-order valence-electron chi connectivity index (χ4n) is 2.82. The summed E-state index contributed by atoms with van der Waals surface area (Å²) in [7, 11) is 0. The number of hydrogen-bond donors (Lipinski definition) is 0. The normalized spacial score (nSPS) is 14.1. The van der Waals surface area contributed by atoms with Crippen LogP contribution in [0.4, 0.5) is 5.69 Å². The SMILES string of the molecule is CCCCOC(=O)c1cccc(N2C(=O)C(SCC)=C(c3cccs3)C2=O)c1. The van der Waals surface area contributed by atoms with Crippen LogP contribution in [0.2, 0.25) is 0 Å². The number of rotatable bonds is 8. The Labute approximate surface area is 172 Å². The number of carbonyl (C=O) groups is 3. The summed E-state index contributed by atoms with van der Waals surface area (Å²) in [5.74, 6) is -0.485. The average molecular weight is 416 g/mol. The molecule has 5 nitrogen and oxygen atoms in total. The smallest absolute Gasteiger partial charge is 0.338 e. The van der Waals surface area contributed by atoms with Crippen molar-refractivity contribution < 1.29 is 19.1 Å². The third kappa shape index (κ3) is 4.05. The van der Waals surface area contributed by atoms with Crippen molar-refractivity contribution in [3.63, 3.8) is 0 Å². The quantitative estimate of drug-likeness (QED) is 0.354. The molecule has 2 aromatic rings. The second-order valence-corrected chi connectivity index (χ2v) is 8.32. The molecule has 0 radical (unpaired) electrons. The zero-order valence-corrected chi connectivity index (χ0v) is 17.4. The predicted molar refractivity (Wildman–Crippen MR) is 113 cm³/mol. The number of imide groups is 1. The van der Waals surface area contributed by atoms with Gasteiger partial charge < -0.3 is 4.74 Å². The first-order valence-corrected chi connectivity index (χ1v) is 11.0. The monoisotopic (exact) mass is 415 g/mol. The minimum Gasteiger partial charge on any atom is -0.462 e. The first kappa shape index (κ1) is 20.4. The van der Waals surface area contributed by atoms with Gasteiger partial charge in [0.15, 0.2) is 0 Å². The number of benzene rings is 1. The second kappa shape index (κ2) is 9.21. The number of amides is 2. The molecule has 1 aliphatic heterocycles. The summed E-state index contributed by atoms with van der Waals surface area (Å²) in [6.45, 7) is 4.31. The van der Waals surface area contributed by atoms with Gasteiger partial charge in [-0.05, 0) is 41.8 Å². The molecular formula is C21H21NO4S2. The maximum Gasteiger partial charge on any atom is 0.338 e. The number of thioether (sulfide) groups is 1. The zero-order chi connectivity index (χ0) is 20.1. The highest BCUT2D eigenvalue weighted by molar-refractivity contribution is 8.04. The highest BCUT2D eigenvalue weighted by Crippen LogP contribution is 2.39. The molecule has 1 aromatic heterocycles. The third-order valence-corrected chi connectivity index (χ3v) is 6.01. The van der Waals surface area contributed by atoms with Gasteiger partial charge in [-0.1, -0.05) is 32.4 Å². The van der Waals surface area contributed by atoms with Crippen molar-refractivity contribution in [3.8, 4) is 0 Å². The van der Waals surface area contributed by atoms with Crippen LogP contribution in [0.25, 0.3) is 5.57 Å². The van der Waals surface area contributed by atoms with Crippen LogP contribution in [-0.2, 0) is 14.3 Å². The lowest BCUT2D eigenvalue weighted by Crippen LogP contribution is -2.31. The molecule has 0 fully saturated rings. The van der Waals surface area contributed by atoms with Gasteiger partial charge in [0.25, 0.3) is 11.8 Å². The summed E-state index contributed by atoms with van der Waals surface area (Å²) in [5.41, 5.74) is 1.13. The lowest BCUT2D eigenvalue weighted by Gasteiger charge is -2.16. The van der Waals surface area contributed by atoms with Crippen LogP contribution in [0.1, 0.15) is 41.9 Å². The number of nitrogens with zero attached hydrogens (tertiary/aromatic N) is 1. The molecule has 1 aromatic carbocycles. The number of carbonyl (C=O) groups excluding carboxylic acids is 3. The Balaban J connectivity index is 1.91. The highest BCUT2D eigenvalue weighted by atomic mass is 32.2. The van der Waals surface area contributed by atoms with Crippen LogP contribution in [0.15, 0.2) is 46.7 Å². The van der Waals surface area contributed by atoms with Crippen molar-refractivity contribution in [2.75, 3.05) is 17.3 Å². The molecule has 3 rings (SSSR count). The number of anilines is 1. The topological polar surface area (TPSA) is 63.7 Å². The molecule has 0 atom stereocenters. The number of hydrogen-bond acceptors (Lipinski definition) is 6. The van der Waals surface area contributed by atoms with Crippen LogP contribution in [0.5, 0.6) is 0 Å². The lowest BCUT2D eigenvalue weighted by atomic mass is 10.2. The van der Waals surface area contributed by atoms with E-state index in [-0.39, 0.29) is 11.8 Å². The molecule has 0 bridgehead atoms. The Hall–Kier alpha value is -2.38. The number of thiophene rings is 1. The summed E-state index contributed by atoms with van der Waals surface area (Å²) >= 11 is 2.79. The number of unbranched alkanes of at least 4 members (excludes halogenated alkanes) is 1. The van der Waals surface area contributed by atoms with E-state index in [0.717, 1.165) is 22.6 Å².